The number of carbonyl (C=O) groups excluding carboxylic acids is 1. The molecular formula is C15H20N2O3. The molecule has 0 fully saturated rings. The molecule has 108 valence electrons. The molecule has 0 spiro atoms. The van der Waals surface area contributed by atoms with Gasteiger partial charge in [-0.25, -0.2) is 4.79 Å². The molecule has 1 aliphatic heterocycles. The van der Waals surface area contributed by atoms with E-state index in [4.69, 9.17) is 0 Å². The zero-order chi connectivity index (χ0) is 14.8. The number of benzene rings is 1. The summed E-state index contributed by atoms with van der Waals surface area (Å²) in [7, 11) is 0. The van der Waals surface area contributed by atoms with Crippen LogP contribution in [0.1, 0.15) is 31.4 Å². The van der Waals surface area contributed by atoms with Crippen LogP contribution in [0.15, 0.2) is 24.3 Å². The third-order valence-corrected chi connectivity index (χ3v) is 3.98. The Morgan fingerprint density at radius 2 is 2.05 bits per heavy atom. The minimum Gasteiger partial charge on any atom is -0.480 e. The summed E-state index contributed by atoms with van der Waals surface area (Å²) in [6.45, 7) is 3.91. The summed E-state index contributed by atoms with van der Waals surface area (Å²) in [5.41, 5.74) is 1.11. The first kappa shape index (κ1) is 14.5. The van der Waals surface area contributed by atoms with Crippen molar-refractivity contribution >= 4 is 11.9 Å². The SMILES string of the molecule is CCC(C)(NC(=O)[C@H]1Cc2ccccc2CN1)C(=O)O. The first-order valence-corrected chi connectivity index (χ1v) is 6.82. The second kappa shape index (κ2) is 5.63. The monoisotopic (exact) mass is 276 g/mol. The molecule has 1 aromatic rings. The highest BCUT2D eigenvalue weighted by molar-refractivity contribution is 5.89. The molecule has 5 heteroatoms. The van der Waals surface area contributed by atoms with E-state index in [-0.39, 0.29) is 11.9 Å². The molecule has 0 aromatic heterocycles. The lowest BCUT2D eigenvalue weighted by atomic mass is 9.93. The Labute approximate surface area is 118 Å². The number of carbonyl (C=O) groups is 2. The summed E-state index contributed by atoms with van der Waals surface area (Å²) >= 11 is 0. The van der Waals surface area contributed by atoms with Crippen molar-refractivity contribution in [2.24, 2.45) is 0 Å². The van der Waals surface area contributed by atoms with E-state index in [1.165, 1.54) is 12.5 Å². The smallest absolute Gasteiger partial charge is 0.329 e. The molecule has 0 bridgehead atoms. The maximum atomic E-state index is 12.2. The van der Waals surface area contributed by atoms with Crippen LogP contribution in [0.5, 0.6) is 0 Å². The Morgan fingerprint density at radius 1 is 1.40 bits per heavy atom. The third-order valence-electron chi connectivity index (χ3n) is 3.98. The number of fused-ring (bicyclic) bond motifs is 1. The van der Waals surface area contributed by atoms with Gasteiger partial charge in [0.25, 0.3) is 0 Å². The highest BCUT2D eigenvalue weighted by atomic mass is 16.4. The quantitative estimate of drug-likeness (QED) is 0.768. The van der Waals surface area contributed by atoms with Crippen LogP contribution in [-0.2, 0) is 22.6 Å². The molecule has 5 nitrogen and oxygen atoms in total. The number of amides is 1. The van der Waals surface area contributed by atoms with Gasteiger partial charge in [0, 0.05) is 6.54 Å². The van der Waals surface area contributed by atoms with Crippen LogP contribution >= 0.6 is 0 Å². The number of hydrogen-bond donors (Lipinski definition) is 3. The van der Waals surface area contributed by atoms with Crippen molar-refractivity contribution in [3.63, 3.8) is 0 Å². The maximum Gasteiger partial charge on any atom is 0.329 e. The number of nitrogens with one attached hydrogen (secondary N) is 2. The standard InChI is InChI=1S/C15H20N2O3/c1-3-15(2,14(19)20)17-13(18)12-8-10-6-4-5-7-11(10)9-16-12/h4-7,12,16H,3,8-9H2,1-2H3,(H,17,18)(H,19,20)/t12-,15?/m1/s1. The molecule has 1 amide bonds. The van der Waals surface area contributed by atoms with Crippen LogP contribution in [0.2, 0.25) is 0 Å². The van der Waals surface area contributed by atoms with Crippen LogP contribution in [-0.4, -0.2) is 28.6 Å². The lowest BCUT2D eigenvalue weighted by Crippen LogP contribution is -2.58. The molecule has 0 saturated carbocycles. The molecule has 0 aliphatic carbocycles. The Hall–Kier alpha value is -1.88. The van der Waals surface area contributed by atoms with E-state index in [9.17, 15) is 14.7 Å². The van der Waals surface area contributed by atoms with Gasteiger partial charge in [0.2, 0.25) is 5.91 Å². The van der Waals surface area contributed by atoms with Crippen LogP contribution in [0.4, 0.5) is 0 Å². The summed E-state index contributed by atoms with van der Waals surface area (Å²) < 4.78 is 0. The number of aliphatic carboxylic acids is 1. The minimum atomic E-state index is -1.21. The Morgan fingerprint density at radius 3 is 2.65 bits per heavy atom. The molecule has 2 atom stereocenters. The highest BCUT2D eigenvalue weighted by Gasteiger charge is 2.35. The average molecular weight is 276 g/mol. The van der Waals surface area contributed by atoms with Crippen molar-refractivity contribution in [1.82, 2.24) is 10.6 Å². The summed E-state index contributed by atoms with van der Waals surface area (Å²) in [6, 6.07) is 7.58. The Balaban J connectivity index is 2.07. The van der Waals surface area contributed by atoms with Crippen LogP contribution in [0.3, 0.4) is 0 Å². The number of carboxylic acid groups (broad SMARTS) is 1. The van der Waals surface area contributed by atoms with Crippen molar-refractivity contribution < 1.29 is 14.7 Å². The van der Waals surface area contributed by atoms with Gasteiger partial charge in [-0.1, -0.05) is 31.2 Å². The molecule has 0 saturated heterocycles. The molecule has 20 heavy (non-hydrogen) atoms. The van der Waals surface area contributed by atoms with E-state index >= 15 is 0 Å². The number of rotatable bonds is 4. The van der Waals surface area contributed by atoms with Crippen molar-refractivity contribution in [3.8, 4) is 0 Å². The van der Waals surface area contributed by atoms with Crippen molar-refractivity contribution in [2.45, 2.75) is 44.8 Å². The maximum absolute atomic E-state index is 12.2. The van der Waals surface area contributed by atoms with E-state index < -0.39 is 11.5 Å². The lowest BCUT2D eigenvalue weighted by Gasteiger charge is -2.30. The summed E-state index contributed by atoms with van der Waals surface area (Å²) in [6.07, 6.45) is 0.929. The number of carboxylic acids is 1. The fraction of sp³-hybridized carbons (Fsp3) is 0.467. The second-order valence-electron chi connectivity index (χ2n) is 5.39. The highest BCUT2D eigenvalue weighted by Crippen LogP contribution is 2.17. The van der Waals surface area contributed by atoms with Gasteiger partial charge in [-0.15, -0.1) is 0 Å². The van der Waals surface area contributed by atoms with Crippen molar-refractivity contribution in [1.29, 1.82) is 0 Å². The predicted octanol–water partition coefficient (Wildman–Crippen LogP) is 1.07. The third kappa shape index (κ3) is 2.82. The van der Waals surface area contributed by atoms with Gasteiger partial charge in [-0.2, -0.15) is 0 Å². The first-order valence-electron chi connectivity index (χ1n) is 6.82. The van der Waals surface area contributed by atoms with Crippen LogP contribution < -0.4 is 10.6 Å². The molecule has 3 N–H and O–H groups in total. The largest absolute Gasteiger partial charge is 0.480 e. The second-order valence-corrected chi connectivity index (χ2v) is 5.39. The van der Waals surface area contributed by atoms with Gasteiger partial charge in [-0.05, 0) is 30.9 Å². The molecular weight excluding hydrogens is 256 g/mol. The topological polar surface area (TPSA) is 78.4 Å². The molecule has 1 aromatic carbocycles. The Kier molecular flexibility index (Phi) is 4.09. The van der Waals surface area contributed by atoms with Crippen LogP contribution in [0.25, 0.3) is 0 Å². The molecule has 1 aliphatic rings. The zero-order valence-corrected chi connectivity index (χ0v) is 11.8. The van der Waals surface area contributed by atoms with Gasteiger partial charge < -0.3 is 15.7 Å². The van der Waals surface area contributed by atoms with Gasteiger partial charge in [-0.3, -0.25) is 4.79 Å². The van der Waals surface area contributed by atoms with Gasteiger partial charge in [0.05, 0.1) is 6.04 Å². The van der Waals surface area contributed by atoms with Gasteiger partial charge in [0.15, 0.2) is 0 Å². The first-order chi connectivity index (χ1) is 9.46. The van der Waals surface area contributed by atoms with Crippen molar-refractivity contribution in [2.75, 3.05) is 0 Å². The van der Waals surface area contributed by atoms with Crippen LogP contribution in [0, 0.1) is 0 Å². The van der Waals surface area contributed by atoms with E-state index in [1.807, 2.05) is 24.3 Å². The summed E-state index contributed by atoms with van der Waals surface area (Å²) in [4.78, 5) is 23.5. The summed E-state index contributed by atoms with van der Waals surface area (Å²) in [5, 5.41) is 15.0. The van der Waals surface area contributed by atoms with E-state index in [2.05, 4.69) is 10.6 Å². The summed E-state index contributed by atoms with van der Waals surface area (Å²) in [5.74, 6) is -1.27. The fourth-order valence-corrected chi connectivity index (χ4v) is 2.29. The van der Waals surface area contributed by atoms with E-state index in [0.717, 1.165) is 5.56 Å². The average Bonchev–Trinajstić information content (AvgIpc) is 2.46. The van der Waals surface area contributed by atoms with Crippen molar-refractivity contribution in [3.05, 3.63) is 35.4 Å². The molecule has 1 heterocycles. The lowest BCUT2D eigenvalue weighted by molar-refractivity contribution is -0.147. The fourth-order valence-electron chi connectivity index (χ4n) is 2.29. The van der Waals surface area contributed by atoms with E-state index in [0.29, 0.717) is 19.4 Å². The predicted molar refractivity (Wildman–Crippen MR) is 75.2 cm³/mol. The Bertz CT molecular complexity index is 530. The van der Waals surface area contributed by atoms with Gasteiger partial charge in [0.1, 0.15) is 5.54 Å². The number of hydrogen-bond acceptors (Lipinski definition) is 3. The van der Waals surface area contributed by atoms with E-state index in [1.54, 1.807) is 6.92 Å². The normalized spacial score (nSPS) is 20.6. The zero-order valence-electron chi connectivity index (χ0n) is 11.8. The minimum absolute atomic E-state index is 0.258. The molecule has 2 rings (SSSR count). The molecule has 0 radical (unpaired) electrons. The molecule has 1 unspecified atom stereocenters. The van der Waals surface area contributed by atoms with Gasteiger partial charge >= 0.3 is 5.97 Å².